The fourth-order valence-electron chi connectivity index (χ4n) is 2.62. The second-order valence-electron chi connectivity index (χ2n) is 5.76. The van der Waals surface area contributed by atoms with Crippen LogP contribution in [-0.4, -0.2) is 21.2 Å². The molecule has 7 heteroatoms. The van der Waals surface area contributed by atoms with Crippen LogP contribution < -0.4 is 10.9 Å². The standard InChI is InChI=1S/C19H18ClN3O2S/c1-3-23-18(25)14-6-4-5-7-16(14)22-19(23)26-11-17(24)21-15-9-8-13(20)10-12(15)2/h4-10H,3,11H2,1-2H3,(H,21,24). The number of fused-ring (bicyclic) bond motifs is 1. The lowest BCUT2D eigenvalue weighted by Crippen LogP contribution is -2.23. The van der Waals surface area contributed by atoms with Gasteiger partial charge < -0.3 is 5.32 Å². The molecule has 0 bridgehead atoms. The Labute approximate surface area is 160 Å². The highest BCUT2D eigenvalue weighted by Crippen LogP contribution is 2.21. The summed E-state index contributed by atoms with van der Waals surface area (Å²) in [6, 6.07) is 12.5. The molecule has 0 atom stereocenters. The Kier molecular flexibility index (Phi) is 5.64. The number of amides is 1. The van der Waals surface area contributed by atoms with Gasteiger partial charge in [0.1, 0.15) is 0 Å². The predicted molar refractivity (Wildman–Crippen MR) is 107 cm³/mol. The van der Waals surface area contributed by atoms with Crippen molar-refractivity contribution in [2.75, 3.05) is 11.1 Å². The van der Waals surface area contributed by atoms with Gasteiger partial charge in [0.15, 0.2) is 5.16 Å². The summed E-state index contributed by atoms with van der Waals surface area (Å²) in [5.41, 5.74) is 2.16. The molecule has 2 aromatic carbocycles. The zero-order valence-corrected chi connectivity index (χ0v) is 16.0. The molecular formula is C19H18ClN3O2S. The number of hydrogen-bond acceptors (Lipinski definition) is 4. The molecule has 0 aliphatic rings. The van der Waals surface area contributed by atoms with Crippen LogP contribution in [-0.2, 0) is 11.3 Å². The average Bonchev–Trinajstić information content (AvgIpc) is 2.62. The van der Waals surface area contributed by atoms with E-state index in [1.165, 1.54) is 11.8 Å². The molecule has 134 valence electrons. The Bertz CT molecular complexity index is 1030. The molecule has 3 rings (SSSR count). The van der Waals surface area contributed by atoms with Gasteiger partial charge in [0.05, 0.1) is 16.7 Å². The first kappa shape index (κ1) is 18.5. The van der Waals surface area contributed by atoms with Crippen molar-refractivity contribution in [1.82, 2.24) is 9.55 Å². The molecule has 0 fully saturated rings. The highest BCUT2D eigenvalue weighted by atomic mass is 35.5. The lowest BCUT2D eigenvalue weighted by atomic mass is 10.2. The fraction of sp³-hybridized carbons (Fsp3) is 0.211. The van der Waals surface area contributed by atoms with Crippen molar-refractivity contribution in [2.45, 2.75) is 25.5 Å². The largest absolute Gasteiger partial charge is 0.325 e. The van der Waals surface area contributed by atoms with Crippen LogP contribution in [0.1, 0.15) is 12.5 Å². The smallest absolute Gasteiger partial charge is 0.262 e. The van der Waals surface area contributed by atoms with Gasteiger partial charge in [-0.05, 0) is 49.7 Å². The summed E-state index contributed by atoms with van der Waals surface area (Å²) < 4.78 is 1.59. The molecule has 0 radical (unpaired) electrons. The average molecular weight is 388 g/mol. The molecule has 1 aromatic heterocycles. The number of aromatic nitrogens is 2. The van der Waals surface area contributed by atoms with Gasteiger partial charge in [-0.25, -0.2) is 4.98 Å². The maximum atomic E-state index is 12.6. The number of anilines is 1. The number of carbonyl (C=O) groups is 1. The molecule has 1 N–H and O–H groups in total. The summed E-state index contributed by atoms with van der Waals surface area (Å²) in [7, 11) is 0. The van der Waals surface area contributed by atoms with Crippen LogP contribution in [0.3, 0.4) is 0 Å². The molecule has 0 saturated heterocycles. The number of hydrogen-bond donors (Lipinski definition) is 1. The molecule has 3 aromatic rings. The van der Waals surface area contributed by atoms with E-state index in [9.17, 15) is 9.59 Å². The van der Waals surface area contributed by atoms with Crippen molar-refractivity contribution in [1.29, 1.82) is 0 Å². The fourth-order valence-corrected chi connectivity index (χ4v) is 3.71. The number of benzene rings is 2. The van der Waals surface area contributed by atoms with Gasteiger partial charge in [0.2, 0.25) is 5.91 Å². The molecular weight excluding hydrogens is 370 g/mol. The minimum atomic E-state index is -0.162. The molecule has 0 aliphatic heterocycles. The van der Waals surface area contributed by atoms with E-state index in [-0.39, 0.29) is 17.2 Å². The van der Waals surface area contributed by atoms with E-state index in [0.717, 1.165) is 11.3 Å². The SMILES string of the molecule is CCn1c(SCC(=O)Nc2ccc(Cl)cc2C)nc2ccccc2c1=O. The summed E-state index contributed by atoms with van der Waals surface area (Å²) in [6.45, 7) is 4.27. The van der Waals surface area contributed by atoms with E-state index in [1.54, 1.807) is 34.9 Å². The third kappa shape index (κ3) is 3.92. The van der Waals surface area contributed by atoms with Gasteiger partial charge in [-0.15, -0.1) is 0 Å². The molecule has 0 saturated carbocycles. The number of rotatable bonds is 5. The number of halogens is 1. The van der Waals surface area contributed by atoms with Gasteiger partial charge >= 0.3 is 0 Å². The second-order valence-corrected chi connectivity index (χ2v) is 7.14. The van der Waals surface area contributed by atoms with Gasteiger partial charge in [-0.3, -0.25) is 14.2 Å². The van der Waals surface area contributed by atoms with Gasteiger partial charge in [-0.1, -0.05) is 35.5 Å². The number of thioether (sulfide) groups is 1. The summed E-state index contributed by atoms with van der Waals surface area (Å²) in [6.07, 6.45) is 0. The first-order valence-corrected chi connectivity index (χ1v) is 9.54. The number of aryl methyl sites for hydroxylation is 1. The van der Waals surface area contributed by atoms with E-state index >= 15 is 0 Å². The summed E-state index contributed by atoms with van der Waals surface area (Å²) in [4.78, 5) is 29.4. The van der Waals surface area contributed by atoms with Crippen LogP contribution in [0.25, 0.3) is 10.9 Å². The maximum absolute atomic E-state index is 12.6. The van der Waals surface area contributed by atoms with Crippen molar-refractivity contribution < 1.29 is 4.79 Å². The van der Waals surface area contributed by atoms with E-state index in [2.05, 4.69) is 10.3 Å². The Hall–Kier alpha value is -2.31. The summed E-state index contributed by atoms with van der Waals surface area (Å²) in [5.74, 6) is -0.00202. The molecule has 1 heterocycles. The molecule has 1 amide bonds. The first-order chi connectivity index (χ1) is 12.5. The zero-order valence-electron chi connectivity index (χ0n) is 14.5. The van der Waals surface area contributed by atoms with Crippen LogP contribution in [0.5, 0.6) is 0 Å². The normalized spacial score (nSPS) is 10.9. The Morgan fingerprint density at radius 3 is 2.77 bits per heavy atom. The Morgan fingerprint density at radius 1 is 1.27 bits per heavy atom. The van der Waals surface area contributed by atoms with Crippen molar-refractivity contribution in [3.8, 4) is 0 Å². The zero-order chi connectivity index (χ0) is 18.7. The highest BCUT2D eigenvalue weighted by Gasteiger charge is 2.12. The van der Waals surface area contributed by atoms with Gasteiger partial charge in [0.25, 0.3) is 5.56 Å². The van der Waals surface area contributed by atoms with Crippen LogP contribution in [0, 0.1) is 6.92 Å². The highest BCUT2D eigenvalue weighted by molar-refractivity contribution is 7.99. The van der Waals surface area contributed by atoms with Crippen molar-refractivity contribution in [3.05, 3.63) is 63.4 Å². The summed E-state index contributed by atoms with van der Waals surface area (Å²) in [5, 5.41) is 4.61. The van der Waals surface area contributed by atoms with E-state index in [4.69, 9.17) is 11.6 Å². The monoisotopic (exact) mass is 387 g/mol. The maximum Gasteiger partial charge on any atom is 0.262 e. The number of nitrogens with one attached hydrogen (secondary N) is 1. The van der Waals surface area contributed by atoms with E-state index in [1.807, 2.05) is 26.0 Å². The van der Waals surface area contributed by atoms with Crippen LogP contribution in [0.4, 0.5) is 5.69 Å². The predicted octanol–water partition coefficient (Wildman–Crippen LogP) is 4.11. The van der Waals surface area contributed by atoms with Crippen LogP contribution >= 0.6 is 23.4 Å². The van der Waals surface area contributed by atoms with Crippen molar-refractivity contribution >= 4 is 45.9 Å². The lowest BCUT2D eigenvalue weighted by molar-refractivity contribution is -0.113. The second kappa shape index (κ2) is 7.93. The topological polar surface area (TPSA) is 64.0 Å². The Morgan fingerprint density at radius 2 is 2.04 bits per heavy atom. The van der Waals surface area contributed by atoms with Crippen LogP contribution in [0.2, 0.25) is 5.02 Å². The van der Waals surface area contributed by atoms with E-state index < -0.39 is 0 Å². The van der Waals surface area contributed by atoms with Gasteiger partial charge in [0, 0.05) is 17.3 Å². The molecule has 26 heavy (non-hydrogen) atoms. The quantitative estimate of drug-likeness (QED) is 0.528. The minimum Gasteiger partial charge on any atom is -0.325 e. The number of para-hydroxylation sites is 1. The first-order valence-electron chi connectivity index (χ1n) is 8.18. The molecule has 5 nitrogen and oxygen atoms in total. The van der Waals surface area contributed by atoms with Crippen molar-refractivity contribution in [2.24, 2.45) is 0 Å². The van der Waals surface area contributed by atoms with Gasteiger partial charge in [-0.2, -0.15) is 0 Å². The van der Waals surface area contributed by atoms with E-state index in [0.29, 0.717) is 27.6 Å². The molecule has 0 unspecified atom stereocenters. The number of nitrogens with zero attached hydrogens (tertiary/aromatic N) is 2. The molecule has 0 aliphatic carbocycles. The van der Waals surface area contributed by atoms with Crippen LogP contribution in [0.15, 0.2) is 52.4 Å². The Balaban J connectivity index is 1.78. The minimum absolute atomic E-state index is 0.0884. The third-order valence-electron chi connectivity index (χ3n) is 3.94. The molecule has 0 spiro atoms. The van der Waals surface area contributed by atoms with Crippen molar-refractivity contribution in [3.63, 3.8) is 0 Å². The number of carbonyl (C=O) groups excluding carboxylic acids is 1. The third-order valence-corrected chi connectivity index (χ3v) is 5.15. The summed E-state index contributed by atoms with van der Waals surface area (Å²) >= 11 is 7.18. The lowest BCUT2D eigenvalue weighted by Gasteiger charge is -2.12.